The number of benzene rings is 4. The highest BCUT2D eigenvalue weighted by Gasteiger charge is 2.13. The van der Waals surface area contributed by atoms with Crippen LogP contribution in [-0.4, -0.2) is 10.2 Å². The molecule has 4 aromatic carbocycles. The fraction of sp³-hybridized carbons (Fsp3) is 0.0769. The van der Waals surface area contributed by atoms with E-state index in [1.54, 1.807) is 18.2 Å². The number of aromatic hydroxyl groups is 2. The Hall–Kier alpha value is -3.52. The Kier molecular flexibility index (Phi) is 6.13. The van der Waals surface area contributed by atoms with Gasteiger partial charge >= 0.3 is 0 Å². The van der Waals surface area contributed by atoms with Gasteiger partial charge in [-0.3, -0.25) is 0 Å². The van der Waals surface area contributed by atoms with Crippen molar-refractivity contribution >= 4 is 21.5 Å². The summed E-state index contributed by atoms with van der Waals surface area (Å²) in [6.45, 7) is 5.42. The van der Waals surface area contributed by atoms with Gasteiger partial charge in [0.2, 0.25) is 0 Å². The van der Waals surface area contributed by atoms with Crippen molar-refractivity contribution < 1.29 is 10.2 Å². The monoisotopic (exact) mass is 368 g/mol. The molecular formula is C26H24O2. The van der Waals surface area contributed by atoms with E-state index in [0.717, 1.165) is 32.7 Å². The number of hydrogen-bond donors (Lipinski definition) is 2. The Morgan fingerprint density at radius 3 is 1.57 bits per heavy atom. The first-order valence-electron chi connectivity index (χ1n) is 9.28. The van der Waals surface area contributed by atoms with Crippen LogP contribution in [0.15, 0.2) is 97.6 Å². The van der Waals surface area contributed by atoms with Gasteiger partial charge in [0.15, 0.2) is 0 Å². The molecule has 28 heavy (non-hydrogen) atoms. The molecule has 0 atom stereocenters. The Morgan fingerprint density at radius 1 is 0.714 bits per heavy atom. The van der Waals surface area contributed by atoms with Gasteiger partial charge in [0.05, 0.1) is 0 Å². The Bertz CT molecular complexity index is 1060. The number of phenols is 2. The van der Waals surface area contributed by atoms with Gasteiger partial charge in [0.1, 0.15) is 11.5 Å². The van der Waals surface area contributed by atoms with Crippen LogP contribution in [0.2, 0.25) is 0 Å². The molecule has 0 unspecified atom stereocenters. The van der Waals surface area contributed by atoms with E-state index in [4.69, 9.17) is 0 Å². The number of allylic oxidation sites excluding steroid dienone is 3. The summed E-state index contributed by atoms with van der Waals surface area (Å²) in [4.78, 5) is 0. The molecule has 0 spiro atoms. The molecule has 2 N–H and O–H groups in total. The van der Waals surface area contributed by atoms with E-state index in [1.807, 2.05) is 79.7 Å². The predicted molar refractivity (Wildman–Crippen MR) is 119 cm³/mol. The predicted octanol–water partition coefficient (Wildman–Crippen LogP) is 6.74. The third-order valence-electron chi connectivity index (χ3n) is 4.71. The molecule has 140 valence electrons. The zero-order valence-electron chi connectivity index (χ0n) is 16.0. The quantitative estimate of drug-likeness (QED) is 0.393. The van der Waals surface area contributed by atoms with Gasteiger partial charge in [-0.2, -0.15) is 0 Å². The van der Waals surface area contributed by atoms with E-state index >= 15 is 0 Å². The average Bonchev–Trinajstić information content (AvgIpc) is 2.73. The molecule has 0 saturated carbocycles. The van der Waals surface area contributed by atoms with Crippen molar-refractivity contribution in [3.63, 3.8) is 0 Å². The van der Waals surface area contributed by atoms with Gasteiger partial charge in [0.25, 0.3) is 0 Å². The van der Waals surface area contributed by atoms with Crippen LogP contribution in [0.1, 0.15) is 18.1 Å². The highest BCUT2D eigenvalue weighted by molar-refractivity contribution is 5.91. The summed E-state index contributed by atoms with van der Waals surface area (Å²) < 4.78 is 0. The van der Waals surface area contributed by atoms with Crippen LogP contribution >= 0.6 is 0 Å². The minimum atomic E-state index is 0.260. The fourth-order valence-corrected chi connectivity index (χ4v) is 3.33. The smallest absolute Gasteiger partial charge is 0.119 e. The van der Waals surface area contributed by atoms with E-state index < -0.39 is 0 Å². The molecular weight excluding hydrogens is 344 g/mol. The maximum atomic E-state index is 10.4. The van der Waals surface area contributed by atoms with Crippen LogP contribution in [-0.2, 0) is 6.42 Å². The average molecular weight is 368 g/mol. The van der Waals surface area contributed by atoms with Crippen LogP contribution in [0.4, 0.5) is 0 Å². The summed E-state index contributed by atoms with van der Waals surface area (Å²) in [7, 11) is 0. The van der Waals surface area contributed by atoms with Crippen molar-refractivity contribution in [3.05, 3.63) is 109 Å². The second-order valence-electron chi connectivity index (χ2n) is 6.51. The molecule has 0 aliphatic carbocycles. The summed E-state index contributed by atoms with van der Waals surface area (Å²) in [6, 6.07) is 23.2. The van der Waals surface area contributed by atoms with E-state index in [0.29, 0.717) is 6.42 Å². The maximum Gasteiger partial charge on any atom is 0.119 e. The van der Waals surface area contributed by atoms with Crippen molar-refractivity contribution in [1.82, 2.24) is 0 Å². The first kappa shape index (κ1) is 19.2. The first-order valence-corrected chi connectivity index (χ1v) is 9.28. The Morgan fingerprint density at radius 2 is 1.18 bits per heavy atom. The van der Waals surface area contributed by atoms with E-state index in [-0.39, 0.29) is 11.5 Å². The van der Waals surface area contributed by atoms with Gasteiger partial charge in [-0.05, 0) is 40.6 Å². The molecule has 4 aromatic rings. The number of fused-ring (bicyclic) bond motifs is 2. The number of hydrogen-bond acceptors (Lipinski definition) is 2. The molecule has 0 aromatic heterocycles. The van der Waals surface area contributed by atoms with Crippen LogP contribution in [0, 0.1) is 0 Å². The molecule has 0 amide bonds. The van der Waals surface area contributed by atoms with Crippen LogP contribution in [0.3, 0.4) is 0 Å². The molecule has 4 rings (SSSR count). The van der Waals surface area contributed by atoms with Crippen molar-refractivity contribution in [2.24, 2.45) is 0 Å². The van der Waals surface area contributed by atoms with Crippen LogP contribution in [0.25, 0.3) is 21.5 Å². The van der Waals surface area contributed by atoms with Crippen molar-refractivity contribution in [2.75, 3.05) is 0 Å². The number of rotatable bonds is 3. The van der Waals surface area contributed by atoms with Crippen LogP contribution in [0.5, 0.6) is 11.5 Å². The lowest BCUT2D eigenvalue weighted by molar-refractivity contribution is 0.464. The SMILES string of the molecule is C=C/C=C\C.Oc1ccc2ccccc2c1Cc1c(O)ccc2ccccc12. The van der Waals surface area contributed by atoms with Gasteiger partial charge in [-0.15, -0.1) is 0 Å². The zero-order valence-corrected chi connectivity index (χ0v) is 16.0. The topological polar surface area (TPSA) is 40.5 Å². The minimum absolute atomic E-state index is 0.260. The van der Waals surface area contributed by atoms with Gasteiger partial charge in [-0.1, -0.05) is 85.5 Å². The summed E-state index contributed by atoms with van der Waals surface area (Å²) in [6.07, 6.45) is 6.06. The second-order valence-corrected chi connectivity index (χ2v) is 6.51. The van der Waals surface area contributed by atoms with E-state index in [1.165, 1.54) is 0 Å². The minimum Gasteiger partial charge on any atom is -0.508 e. The normalized spacial score (nSPS) is 10.8. The highest BCUT2D eigenvalue weighted by atomic mass is 16.3. The van der Waals surface area contributed by atoms with Gasteiger partial charge in [-0.25, -0.2) is 0 Å². The van der Waals surface area contributed by atoms with Crippen molar-refractivity contribution in [2.45, 2.75) is 13.3 Å². The molecule has 0 aliphatic heterocycles. The lowest BCUT2D eigenvalue weighted by atomic mass is 9.94. The molecule has 0 fully saturated rings. The van der Waals surface area contributed by atoms with E-state index in [9.17, 15) is 10.2 Å². The summed E-state index contributed by atoms with van der Waals surface area (Å²) in [5.74, 6) is 0.520. The van der Waals surface area contributed by atoms with Gasteiger partial charge < -0.3 is 10.2 Å². The lowest BCUT2D eigenvalue weighted by Gasteiger charge is -2.13. The van der Waals surface area contributed by atoms with E-state index in [2.05, 4.69) is 6.58 Å². The fourth-order valence-electron chi connectivity index (χ4n) is 3.33. The van der Waals surface area contributed by atoms with Gasteiger partial charge in [0, 0.05) is 17.5 Å². The Labute approximate surface area is 165 Å². The summed E-state index contributed by atoms with van der Waals surface area (Å²) in [5, 5.41) is 24.9. The molecule has 2 nitrogen and oxygen atoms in total. The standard InChI is InChI=1S/C21H16O2.C5H8/c22-20-11-9-14-5-1-3-7-16(14)18(20)13-19-17-8-4-2-6-15(17)10-12-21(19)23;1-3-5-4-2/h1-12,22-23H,13H2;3-5H,1H2,2H3/b;5-4-. The third-order valence-corrected chi connectivity index (χ3v) is 4.71. The Balaban J connectivity index is 0.000000403. The molecule has 0 heterocycles. The van der Waals surface area contributed by atoms with Crippen molar-refractivity contribution in [3.8, 4) is 11.5 Å². The zero-order chi connectivity index (χ0) is 19.9. The maximum absolute atomic E-state index is 10.4. The summed E-state index contributed by atoms with van der Waals surface area (Å²) >= 11 is 0. The van der Waals surface area contributed by atoms with Crippen LogP contribution < -0.4 is 0 Å². The molecule has 2 heteroatoms. The molecule has 0 aliphatic rings. The first-order chi connectivity index (χ1) is 13.7. The molecule has 0 radical (unpaired) electrons. The molecule has 0 saturated heterocycles. The number of phenolic OH excluding ortho intramolecular Hbond substituents is 2. The summed E-state index contributed by atoms with van der Waals surface area (Å²) in [5.41, 5.74) is 1.68. The third kappa shape index (κ3) is 4.07. The largest absolute Gasteiger partial charge is 0.508 e. The highest BCUT2D eigenvalue weighted by Crippen LogP contribution is 2.34. The lowest BCUT2D eigenvalue weighted by Crippen LogP contribution is -1.93. The van der Waals surface area contributed by atoms with Crippen molar-refractivity contribution in [1.29, 1.82) is 0 Å². The second kappa shape index (κ2) is 8.92. The molecule has 0 bridgehead atoms.